The van der Waals surface area contributed by atoms with Crippen LogP contribution >= 0.6 is 11.3 Å². The smallest absolute Gasteiger partial charge is 0.191 e. The Morgan fingerprint density at radius 1 is 1.08 bits per heavy atom. The number of fused-ring (bicyclic) bond motifs is 1. The highest BCUT2D eigenvalue weighted by Gasteiger charge is 2.02. The molecule has 0 aliphatic heterocycles. The maximum atomic E-state index is 5.27. The molecule has 1 heterocycles. The van der Waals surface area contributed by atoms with Gasteiger partial charge in [-0.15, -0.1) is 11.3 Å². The first-order valence-electron chi connectivity index (χ1n) is 8.32. The van der Waals surface area contributed by atoms with Gasteiger partial charge in [0.15, 0.2) is 5.96 Å². The number of rotatable bonds is 6. The molecule has 1 aromatic heterocycles. The molecule has 2 aromatic carbocycles. The van der Waals surface area contributed by atoms with Crippen molar-refractivity contribution in [3.8, 4) is 5.75 Å². The Morgan fingerprint density at radius 3 is 2.68 bits per heavy atom. The van der Waals surface area contributed by atoms with Gasteiger partial charge in [0.05, 0.1) is 7.11 Å². The Hall–Kier alpha value is -2.53. The first-order valence-corrected chi connectivity index (χ1v) is 9.20. The molecule has 0 atom stereocenters. The molecule has 0 aliphatic rings. The lowest BCUT2D eigenvalue weighted by Crippen LogP contribution is -2.37. The molecule has 0 saturated carbocycles. The van der Waals surface area contributed by atoms with Crippen LogP contribution in [0.25, 0.3) is 10.8 Å². The zero-order valence-electron chi connectivity index (χ0n) is 14.6. The number of nitrogens with one attached hydrogen (secondary N) is 2. The van der Waals surface area contributed by atoms with Gasteiger partial charge in [-0.05, 0) is 52.4 Å². The predicted molar refractivity (Wildman–Crippen MR) is 107 cm³/mol. The van der Waals surface area contributed by atoms with Gasteiger partial charge in [-0.3, -0.25) is 4.99 Å². The molecule has 0 unspecified atom stereocenters. The number of benzene rings is 2. The van der Waals surface area contributed by atoms with E-state index in [-0.39, 0.29) is 0 Å². The summed E-state index contributed by atoms with van der Waals surface area (Å²) < 4.78 is 5.27. The Kier molecular flexibility index (Phi) is 5.90. The average Bonchev–Trinajstić information content (AvgIpc) is 3.17. The van der Waals surface area contributed by atoms with E-state index in [0.29, 0.717) is 0 Å². The van der Waals surface area contributed by atoms with Crippen LogP contribution in [0, 0.1) is 0 Å². The summed E-state index contributed by atoms with van der Waals surface area (Å²) in [7, 11) is 3.49. The van der Waals surface area contributed by atoms with Gasteiger partial charge in [0.25, 0.3) is 0 Å². The summed E-state index contributed by atoms with van der Waals surface area (Å²) in [4.78, 5) is 5.67. The van der Waals surface area contributed by atoms with Crippen LogP contribution in [0.5, 0.6) is 5.75 Å². The quantitative estimate of drug-likeness (QED) is 0.523. The third-order valence-electron chi connectivity index (χ3n) is 4.04. The van der Waals surface area contributed by atoms with E-state index in [0.717, 1.165) is 31.2 Å². The summed E-state index contributed by atoms with van der Waals surface area (Å²) in [6, 6.07) is 16.8. The Balaban J connectivity index is 1.55. The highest BCUT2D eigenvalue weighted by molar-refractivity contribution is 7.09. The summed E-state index contributed by atoms with van der Waals surface area (Å²) in [5.41, 5.74) is 1.22. The summed E-state index contributed by atoms with van der Waals surface area (Å²) in [5, 5.41) is 11.2. The highest BCUT2D eigenvalue weighted by atomic mass is 32.1. The average molecular weight is 353 g/mol. The molecular formula is C20H23N3OS. The zero-order chi connectivity index (χ0) is 17.5. The van der Waals surface area contributed by atoms with E-state index in [2.05, 4.69) is 63.5 Å². The number of aliphatic imine (C=N–C) groups is 1. The first kappa shape index (κ1) is 17.3. The monoisotopic (exact) mass is 353 g/mol. The minimum atomic E-state index is 0.737. The molecule has 2 N–H and O–H groups in total. The molecule has 4 nitrogen and oxygen atoms in total. The number of hydrogen-bond donors (Lipinski definition) is 2. The van der Waals surface area contributed by atoms with Crippen molar-refractivity contribution in [1.82, 2.24) is 10.6 Å². The van der Waals surface area contributed by atoms with Crippen LogP contribution in [0.4, 0.5) is 0 Å². The van der Waals surface area contributed by atoms with Gasteiger partial charge < -0.3 is 15.4 Å². The van der Waals surface area contributed by atoms with Crippen molar-refractivity contribution in [2.24, 2.45) is 4.99 Å². The second-order valence-electron chi connectivity index (χ2n) is 5.73. The number of ether oxygens (including phenoxy) is 1. The third-order valence-corrected chi connectivity index (χ3v) is 4.98. The van der Waals surface area contributed by atoms with Crippen molar-refractivity contribution in [2.45, 2.75) is 13.0 Å². The summed E-state index contributed by atoms with van der Waals surface area (Å²) in [6.45, 7) is 1.61. The van der Waals surface area contributed by atoms with Crippen molar-refractivity contribution < 1.29 is 4.74 Å². The van der Waals surface area contributed by atoms with E-state index in [1.165, 1.54) is 21.2 Å². The maximum absolute atomic E-state index is 5.27. The van der Waals surface area contributed by atoms with Crippen LogP contribution in [0.1, 0.15) is 10.4 Å². The van der Waals surface area contributed by atoms with E-state index in [1.807, 2.05) is 6.07 Å². The zero-order valence-corrected chi connectivity index (χ0v) is 15.4. The molecule has 0 saturated heterocycles. The fourth-order valence-electron chi connectivity index (χ4n) is 2.68. The molecule has 0 amide bonds. The van der Waals surface area contributed by atoms with Gasteiger partial charge in [-0.25, -0.2) is 0 Å². The van der Waals surface area contributed by atoms with Crippen molar-refractivity contribution in [3.63, 3.8) is 0 Å². The van der Waals surface area contributed by atoms with Gasteiger partial charge in [-0.2, -0.15) is 0 Å². The van der Waals surface area contributed by atoms with E-state index in [1.54, 1.807) is 25.5 Å². The molecule has 3 rings (SSSR count). The lowest BCUT2D eigenvalue weighted by atomic mass is 10.1. The lowest BCUT2D eigenvalue weighted by molar-refractivity contribution is 0.415. The normalized spacial score (nSPS) is 11.5. The second kappa shape index (κ2) is 8.53. The van der Waals surface area contributed by atoms with Crippen molar-refractivity contribution in [1.29, 1.82) is 0 Å². The molecule has 0 radical (unpaired) electrons. The topological polar surface area (TPSA) is 45.7 Å². The van der Waals surface area contributed by atoms with Crippen molar-refractivity contribution >= 4 is 28.1 Å². The second-order valence-corrected chi connectivity index (χ2v) is 6.76. The minimum absolute atomic E-state index is 0.737. The molecule has 0 spiro atoms. The predicted octanol–water partition coefficient (Wildman–Crippen LogP) is 3.82. The van der Waals surface area contributed by atoms with E-state index in [4.69, 9.17) is 4.74 Å². The molecule has 0 bridgehead atoms. The molecule has 3 aromatic rings. The van der Waals surface area contributed by atoms with Crippen LogP contribution < -0.4 is 15.4 Å². The molecule has 130 valence electrons. The SMILES string of the molecule is CN=C(NCCc1cccs1)NCc1ccc2cc(OC)ccc2c1. The van der Waals surface area contributed by atoms with Crippen LogP contribution in [-0.2, 0) is 13.0 Å². The molecule has 0 fully saturated rings. The van der Waals surface area contributed by atoms with Gasteiger partial charge in [0, 0.05) is 25.0 Å². The third kappa shape index (κ3) is 4.73. The highest BCUT2D eigenvalue weighted by Crippen LogP contribution is 2.21. The summed E-state index contributed by atoms with van der Waals surface area (Å²) in [6.07, 6.45) is 1.01. The summed E-state index contributed by atoms with van der Waals surface area (Å²) in [5.74, 6) is 1.71. The van der Waals surface area contributed by atoms with E-state index < -0.39 is 0 Å². The molecule has 5 heteroatoms. The Bertz CT molecular complexity index is 843. The fourth-order valence-corrected chi connectivity index (χ4v) is 3.38. The number of guanidine groups is 1. The molecule has 25 heavy (non-hydrogen) atoms. The number of nitrogens with zero attached hydrogens (tertiary/aromatic N) is 1. The van der Waals surface area contributed by atoms with Crippen molar-refractivity contribution in [3.05, 3.63) is 64.4 Å². The maximum Gasteiger partial charge on any atom is 0.191 e. The van der Waals surface area contributed by atoms with Gasteiger partial charge >= 0.3 is 0 Å². The number of hydrogen-bond acceptors (Lipinski definition) is 3. The Morgan fingerprint density at radius 2 is 1.92 bits per heavy atom. The van der Waals surface area contributed by atoms with Gasteiger partial charge in [0.2, 0.25) is 0 Å². The van der Waals surface area contributed by atoms with Crippen LogP contribution in [0.15, 0.2) is 58.9 Å². The van der Waals surface area contributed by atoms with Crippen LogP contribution in [0.2, 0.25) is 0 Å². The molecular weight excluding hydrogens is 330 g/mol. The lowest BCUT2D eigenvalue weighted by Gasteiger charge is -2.12. The standard InChI is InChI=1S/C20H23N3OS/c1-21-20(22-10-9-19-4-3-11-25-19)23-14-15-5-6-17-13-18(24-2)8-7-16(17)12-15/h3-8,11-13H,9-10,14H2,1-2H3,(H2,21,22,23). The Labute approximate surface area is 152 Å². The van der Waals surface area contributed by atoms with Crippen LogP contribution in [-0.4, -0.2) is 26.7 Å². The molecule has 0 aliphatic carbocycles. The summed E-state index contributed by atoms with van der Waals surface area (Å²) >= 11 is 1.79. The van der Waals surface area contributed by atoms with Gasteiger partial charge in [0.1, 0.15) is 5.75 Å². The van der Waals surface area contributed by atoms with E-state index >= 15 is 0 Å². The van der Waals surface area contributed by atoms with Crippen molar-refractivity contribution in [2.75, 3.05) is 20.7 Å². The van der Waals surface area contributed by atoms with E-state index in [9.17, 15) is 0 Å². The number of methoxy groups -OCH3 is 1. The fraction of sp³-hybridized carbons (Fsp3) is 0.250. The first-order chi connectivity index (χ1) is 12.3. The van der Waals surface area contributed by atoms with Gasteiger partial charge in [-0.1, -0.05) is 24.3 Å². The largest absolute Gasteiger partial charge is 0.497 e. The number of thiophene rings is 1. The van der Waals surface area contributed by atoms with Crippen LogP contribution in [0.3, 0.4) is 0 Å². The minimum Gasteiger partial charge on any atom is -0.497 e.